The van der Waals surface area contributed by atoms with Gasteiger partial charge in [-0.2, -0.15) is 0 Å². The highest BCUT2D eigenvalue weighted by molar-refractivity contribution is 7.09. The van der Waals surface area contributed by atoms with Crippen LogP contribution in [0.15, 0.2) is 23.7 Å². The van der Waals surface area contributed by atoms with Crippen molar-refractivity contribution in [2.75, 3.05) is 6.54 Å². The fraction of sp³-hybridized carbons (Fsp3) is 0.444. The maximum atomic E-state index is 12.7. The number of thiazole rings is 1. The first-order valence-electron chi connectivity index (χ1n) is 8.42. The summed E-state index contributed by atoms with van der Waals surface area (Å²) < 4.78 is 0. The number of aromatic nitrogens is 2. The average molecular weight is 358 g/mol. The zero-order valence-corrected chi connectivity index (χ0v) is 15.3. The lowest BCUT2D eigenvalue weighted by molar-refractivity contribution is -0.131. The van der Waals surface area contributed by atoms with Gasteiger partial charge in [-0.15, -0.1) is 11.3 Å². The van der Waals surface area contributed by atoms with E-state index in [1.807, 2.05) is 29.3 Å². The van der Waals surface area contributed by atoms with Crippen molar-refractivity contribution in [2.24, 2.45) is 0 Å². The third-order valence-electron chi connectivity index (χ3n) is 4.32. The number of rotatable bonds is 5. The number of nitrogens with one attached hydrogen (secondary N) is 1. The molecule has 1 atom stereocenters. The van der Waals surface area contributed by atoms with Crippen LogP contribution in [0.1, 0.15) is 47.8 Å². The van der Waals surface area contributed by atoms with Crippen LogP contribution in [0.25, 0.3) is 0 Å². The molecule has 25 heavy (non-hydrogen) atoms. The summed E-state index contributed by atoms with van der Waals surface area (Å²) in [4.78, 5) is 34.4. The lowest BCUT2D eigenvalue weighted by Gasteiger charge is -2.25. The number of aryl methyl sites for hydroxylation is 1. The number of pyridine rings is 1. The number of likely N-dealkylation sites (tertiary alicyclic amines) is 1. The van der Waals surface area contributed by atoms with Gasteiger partial charge in [0.05, 0.1) is 35.4 Å². The normalized spacial score (nSPS) is 16.9. The van der Waals surface area contributed by atoms with Gasteiger partial charge >= 0.3 is 0 Å². The molecule has 3 heterocycles. The van der Waals surface area contributed by atoms with Crippen molar-refractivity contribution in [3.8, 4) is 0 Å². The fourth-order valence-corrected chi connectivity index (χ4v) is 3.79. The number of nitrogens with zero attached hydrogens (tertiary/aromatic N) is 3. The third kappa shape index (κ3) is 4.42. The molecule has 0 radical (unpaired) electrons. The molecule has 2 aromatic heterocycles. The highest BCUT2D eigenvalue weighted by atomic mass is 32.1. The largest absolute Gasteiger partial charge is 0.351 e. The zero-order valence-electron chi connectivity index (χ0n) is 14.5. The second-order valence-electron chi connectivity index (χ2n) is 6.27. The Morgan fingerprint density at radius 3 is 2.96 bits per heavy atom. The summed E-state index contributed by atoms with van der Waals surface area (Å²) >= 11 is 1.57. The van der Waals surface area contributed by atoms with Crippen molar-refractivity contribution in [2.45, 2.75) is 45.7 Å². The molecule has 0 aliphatic carbocycles. The first kappa shape index (κ1) is 17.5. The van der Waals surface area contributed by atoms with Gasteiger partial charge in [0.1, 0.15) is 0 Å². The molecule has 132 valence electrons. The molecule has 3 rings (SSSR count). The Morgan fingerprint density at radius 2 is 2.24 bits per heavy atom. The van der Waals surface area contributed by atoms with E-state index in [0.717, 1.165) is 41.3 Å². The van der Waals surface area contributed by atoms with Crippen LogP contribution in [0.4, 0.5) is 0 Å². The third-order valence-corrected chi connectivity index (χ3v) is 5.14. The lowest BCUT2D eigenvalue weighted by atomic mass is 10.0. The van der Waals surface area contributed by atoms with Crippen molar-refractivity contribution in [3.63, 3.8) is 0 Å². The molecule has 1 N–H and O–H groups in total. The van der Waals surface area contributed by atoms with Crippen molar-refractivity contribution in [3.05, 3.63) is 45.7 Å². The summed E-state index contributed by atoms with van der Waals surface area (Å²) in [6, 6.07) is 4.02. The minimum absolute atomic E-state index is 0.0753. The van der Waals surface area contributed by atoms with Crippen LogP contribution in [-0.4, -0.2) is 33.2 Å². The maximum Gasteiger partial charge on any atom is 0.229 e. The predicted molar refractivity (Wildman–Crippen MR) is 96.0 cm³/mol. The van der Waals surface area contributed by atoms with Gasteiger partial charge in [0, 0.05) is 25.0 Å². The fourth-order valence-electron chi connectivity index (χ4n) is 3.17. The molecule has 6 nitrogen and oxygen atoms in total. The zero-order chi connectivity index (χ0) is 17.8. The van der Waals surface area contributed by atoms with E-state index in [0.29, 0.717) is 13.0 Å². The topological polar surface area (TPSA) is 75.2 Å². The van der Waals surface area contributed by atoms with Crippen LogP contribution >= 0.6 is 11.3 Å². The molecular formula is C18H22N4O2S. The molecule has 1 aliphatic heterocycles. The van der Waals surface area contributed by atoms with Gasteiger partial charge in [-0.1, -0.05) is 0 Å². The van der Waals surface area contributed by atoms with E-state index in [1.54, 1.807) is 17.5 Å². The monoisotopic (exact) mass is 358 g/mol. The van der Waals surface area contributed by atoms with E-state index in [-0.39, 0.29) is 17.9 Å². The molecule has 0 spiro atoms. The van der Waals surface area contributed by atoms with E-state index in [1.165, 1.54) is 6.92 Å². The molecule has 0 saturated carbocycles. The van der Waals surface area contributed by atoms with Gasteiger partial charge in [0.15, 0.2) is 0 Å². The highest BCUT2D eigenvalue weighted by Crippen LogP contribution is 2.32. The number of hydrogen-bond donors (Lipinski definition) is 1. The molecule has 1 fully saturated rings. The van der Waals surface area contributed by atoms with Gasteiger partial charge < -0.3 is 10.2 Å². The average Bonchev–Trinajstić information content (AvgIpc) is 3.22. The second-order valence-corrected chi connectivity index (χ2v) is 7.33. The maximum absolute atomic E-state index is 12.7. The molecule has 2 aromatic rings. The first-order chi connectivity index (χ1) is 12.0. The summed E-state index contributed by atoms with van der Waals surface area (Å²) in [5.41, 5.74) is 2.73. The number of carbonyl (C=O) groups excluding carboxylic acids is 2. The van der Waals surface area contributed by atoms with Crippen LogP contribution in [0.2, 0.25) is 0 Å². The Hall–Kier alpha value is -2.28. The van der Waals surface area contributed by atoms with Gasteiger partial charge in [-0.25, -0.2) is 4.98 Å². The number of hydrogen-bond acceptors (Lipinski definition) is 5. The van der Waals surface area contributed by atoms with E-state index < -0.39 is 0 Å². The quantitative estimate of drug-likeness (QED) is 0.890. The van der Waals surface area contributed by atoms with Crippen LogP contribution in [0.3, 0.4) is 0 Å². The van der Waals surface area contributed by atoms with Gasteiger partial charge in [-0.3, -0.25) is 14.6 Å². The predicted octanol–water partition coefficient (Wildman–Crippen LogP) is 2.39. The van der Waals surface area contributed by atoms with Crippen LogP contribution in [0.5, 0.6) is 0 Å². The Kier molecular flexibility index (Phi) is 5.43. The molecular weight excluding hydrogens is 336 g/mol. The second kappa shape index (κ2) is 7.74. The molecule has 0 aromatic carbocycles. The van der Waals surface area contributed by atoms with E-state index in [2.05, 4.69) is 15.3 Å². The van der Waals surface area contributed by atoms with Crippen LogP contribution < -0.4 is 5.32 Å². The van der Waals surface area contributed by atoms with Gasteiger partial charge in [-0.05, 0) is 37.5 Å². The Bertz CT molecular complexity index is 774. The molecule has 0 bridgehead atoms. The van der Waals surface area contributed by atoms with Crippen molar-refractivity contribution < 1.29 is 9.59 Å². The number of carbonyl (C=O) groups is 2. The van der Waals surface area contributed by atoms with E-state index in [4.69, 9.17) is 0 Å². The molecule has 7 heteroatoms. The summed E-state index contributed by atoms with van der Waals surface area (Å²) in [5, 5.41) is 5.70. The summed E-state index contributed by atoms with van der Waals surface area (Å²) in [6.07, 6.45) is 4.04. The Morgan fingerprint density at radius 1 is 1.40 bits per heavy atom. The molecule has 0 unspecified atom stereocenters. The lowest BCUT2D eigenvalue weighted by Crippen LogP contribution is -2.32. The van der Waals surface area contributed by atoms with Crippen molar-refractivity contribution >= 4 is 23.2 Å². The first-order valence-corrected chi connectivity index (χ1v) is 9.30. The summed E-state index contributed by atoms with van der Waals surface area (Å²) in [5.74, 6) is 0.0384. The molecule has 1 aliphatic rings. The van der Waals surface area contributed by atoms with Gasteiger partial charge in [0.2, 0.25) is 11.8 Å². The summed E-state index contributed by atoms with van der Waals surface area (Å²) in [6.45, 7) is 4.62. The van der Waals surface area contributed by atoms with Crippen LogP contribution in [-0.2, 0) is 22.6 Å². The smallest absolute Gasteiger partial charge is 0.229 e. The van der Waals surface area contributed by atoms with Crippen LogP contribution in [0, 0.1) is 6.92 Å². The van der Waals surface area contributed by atoms with E-state index in [9.17, 15) is 9.59 Å². The van der Waals surface area contributed by atoms with E-state index >= 15 is 0 Å². The van der Waals surface area contributed by atoms with Crippen molar-refractivity contribution in [1.82, 2.24) is 20.2 Å². The highest BCUT2D eigenvalue weighted by Gasteiger charge is 2.30. The van der Waals surface area contributed by atoms with Crippen molar-refractivity contribution in [1.29, 1.82) is 0 Å². The van der Waals surface area contributed by atoms with Gasteiger partial charge in [0.25, 0.3) is 0 Å². The number of amides is 2. The minimum Gasteiger partial charge on any atom is -0.351 e. The Labute approximate surface area is 151 Å². The summed E-state index contributed by atoms with van der Waals surface area (Å²) in [7, 11) is 0. The molecule has 1 saturated heterocycles. The standard InChI is InChI=1S/C18H22N4O2S/c1-12(23)20-10-15-8-14(5-6-19-15)17-4-3-7-22(17)18(24)9-16-11-25-13(2)21-16/h5-6,8,11,17H,3-4,7,9-10H2,1-2H3,(H,20,23)/t17-/m0/s1. The SMILES string of the molecule is CC(=O)NCc1cc([C@@H]2CCCN2C(=O)Cc2csc(C)n2)ccn1. The minimum atomic E-state index is -0.0802. The molecule has 2 amide bonds. The Balaban J connectivity index is 1.71.